The average molecular weight is 539 g/mol. The number of piperidine rings is 1. The monoisotopic (exact) mass is 538 g/mol. The Balaban J connectivity index is 1.41. The summed E-state index contributed by atoms with van der Waals surface area (Å²) in [5.74, 6) is 1.46. The Hall–Kier alpha value is -3.36. The van der Waals surface area contributed by atoms with Crippen molar-refractivity contribution in [2.45, 2.75) is 72.1 Å². The first-order chi connectivity index (χ1) is 19.0. The minimum absolute atomic E-state index is 0.000434. The maximum Gasteiger partial charge on any atom is 0.319 e. The lowest BCUT2D eigenvalue weighted by Gasteiger charge is -2.41. The maximum absolute atomic E-state index is 13.4. The summed E-state index contributed by atoms with van der Waals surface area (Å²) in [6.45, 7) is 8.76. The minimum Gasteiger partial charge on any atom is -0.493 e. The van der Waals surface area contributed by atoms with E-state index in [-0.39, 0.29) is 24.2 Å². The zero-order valence-corrected chi connectivity index (χ0v) is 23.6. The molecule has 4 rings (SSSR count). The fourth-order valence-electron chi connectivity index (χ4n) is 5.51. The third-order valence-electron chi connectivity index (χ3n) is 7.78. The van der Waals surface area contributed by atoms with E-state index in [4.69, 9.17) is 14.2 Å². The maximum atomic E-state index is 13.4. The molecule has 3 heterocycles. The van der Waals surface area contributed by atoms with Gasteiger partial charge in [-0.15, -0.1) is 0 Å². The highest BCUT2D eigenvalue weighted by Gasteiger charge is 2.41. The van der Waals surface area contributed by atoms with Crippen molar-refractivity contribution in [1.29, 1.82) is 0 Å². The molecular weight excluding hydrogens is 496 g/mol. The topological polar surface area (TPSA) is 103 Å². The summed E-state index contributed by atoms with van der Waals surface area (Å²) in [6.07, 6.45) is 5.95. The summed E-state index contributed by atoms with van der Waals surface area (Å²) in [7, 11) is 0. The number of hydrogen-bond acceptors (Lipinski definition) is 7. The number of nitrogens with zero attached hydrogens (tertiary/aromatic N) is 3. The van der Waals surface area contributed by atoms with E-state index in [1.165, 1.54) is 5.56 Å². The van der Waals surface area contributed by atoms with Gasteiger partial charge in [0.25, 0.3) is 0 Å². The second kappa shape index (κ2) is 13.6. The van der Waals surface area contributed by atoms with Crippen molar-refractivity contribution in [3.63, 3.8) is 0 Å². The zero-order valence-electron chi connectivity index (χ0n) is 23.6. The molecule has 0 unspecified atom stereocenters. The SMILES string of the molecule is CCOc1nc(C)c(CC(=O)N2CCC3(CCCCc4ccccc4OCCCNC3=O)CC2)c(OCC)n1. The Morgan fingerprint density at radius 2 is 1.82 bits per heavy atom. The largest absolute Gasteiger partial charge is 0.493 e. The number of benzene rings is 1. The molecule has 9 nitrogen and oxygen atoms in total. The van der Waals surface area contributed by atoms with Crippen LogP contribution in [0.3, 0.4) is 0 Å². The molecule has 0 radical (unpaired) electrons. The van der Waals surface area contributed by atoms with Gasteiger partial charge in [-0.3, -0.25) is 9.59 Å². The van der Waals surface area contributed by atoms with Gasteiger partial charge in [0.1, 0.15) is 5.75 Å². The van der Waals surface area contributed by atoms with E-state index in [1.54, 1.807) is 0 Å². The van der Waals surface area contributed by atoms with Gasteiger partial charge >= 0.3 is 6.01 Å². The highest BCUT2D eigenvalue weighted by Crippen LogP contribution is 2.38. The number of carbonyl (C=O) groups is 2. The summed E-state index contributed by atoms with van der Waals surface area (Å²) in [5, 5.41) is 3.17. The number of para-hydroxylation sites is 1. The third kappa shape index (κ3) is 7.19. The van der Waals surface area contributed by atoms with Crippen LogP contribution in [0.2, 0.25) is 0 Å². The molecule has 0 aliphatic carbocycles. The Bertz CT molecular complexity index is 1130. The quantitative estimate of drug-likeness (QED) is 0.592. The Morgan fingerprint density at radius 1 is 1.05 bits per heavy atom. The number of fused-ring (bicyclic) bond motifs is 1. The molecule has 1 aromatic carbocycles. The molecule has 212 valence electrons. The highest BCUT2D eigenvalue weighted by molar-refractivity contribution is 5.84. The van der Waals surface area contributed by atoms with Gasteiger partial charge in [-0.2, -0.15) is 4.98 Å². The number of rotatable bonds is 6. The van der Waals surface area contributed by atoms with E-state index in [9.17, 15) is 9.59 Å². The molecule has 2 aliphatic heterocycles. The molecule has 1 fully saturated rings. The van der Waals surface area contributed by atoms with Crippen molar-refractivity contribution in [1.82, 2.24) is 20.2 Å². The number of hydrogen-bond donors (Lipinski definition) is 1. The summed E-state index contributed by atoms with van der Waals surface area (Å²) in [5.41, 5.74) is 2.15. The Morgan fingerprint density at radius 3 is 2.59 bits per heavy atom. The number of nitrogens with one attached hydrogen (secondary N) is 1. The van der Waals surface area contributed by atoms with Crippen molar-refractivity contribution in [2.24, 2.45) is 5.41 Å². The molecule has 39 heavy (non-hydrogen) atoms. The predicted octanol–water partition coefficient (Wildman–Crippen LogP) is 4.05. The van der Waals surface area contributed by atoms with Crippen LogP contribution in [-0.2, 0) is 22.4 Å². The lowest BCUT2D eigenvalue weighted by atomic mass is 9.73. The first kappa shape index (κ1) is 28.6. The molecule has 2 amide bonds. The molecule has 2 aromatic rings. The van der Waals surface area contributed by atoms with E-state index in [1.807, 2.05) is 37.8 Å². The highest BCUT2D eigenvalue weighted by atomic mass is 16.5. The van der Waals surface area contributed by atoms with Gasteiger partial charge in [0.05, 0.1) is 37.4 Å². The molecule has 1 aromatic heterocycles. The fraction of sp³-hybridized carbons (Fsp3) is 0.600. The van der Waals surface area contributed by atoms with Crippen molar-refractivity contribution >= 4 is 11.8 Å². The smallest absolute Gasteiger partial charge is 0.319 e. The van der Waals surface area contributed by atoms with Crippen LogP contribution in [0.1, 0.15) is 69.2 Å². The summed E-state index contributed by atoms with van der Waals surface area (Å²) < 4.78 is 17.2. The lowest BCUT2D eigenvalue weighted by Crippen LogP contribution is -2.50. The van der Waals surface area contributed by atoms with Crippen LogP contribution in [0.5, 0.6) is 17.6 Å². The second-order valence-electron chi connectivity index (χ2n) is 10.4. The van der Waals surface area contributed by atoms with Gasteiger partial charge in [-0.25, -0.2) is 4.98 Å². The standard InChI is InChI=1S/C30H42N4O5/c1-4-37-27-24(22(3)32-29(33-27)38-5-2)21-26(35)34-18-15-30(16-19-34)14-9-8-12-23-11-6-7-13-25(23)39-20-10-17-31-28(30)36/h6-7,11,13H,4-5,8-10,12,14-21H2,1-3H3,(H,31,36). The van der Waals surface area contributed by atoms with Gasteiger partial charge in [-0.1, -0.05) is 24.6 Å². The number of ether oxygens (including phenoxy) is 3. The average Bonchev–Trinajstić information content (AvgIpc) is 2.94. The first-order valence-corrected chi connectivity index (χ1v) is 14.4. The number of aromatic nitrogens is 2. The minimum atomic E-state index is -0.445. The van der Waals surface area contributed by atoms with Gasteiger partial charge < -0.3 is 24.4 Å². The van der Waals surface area contributed by atoms with Crippen LogP contribution < -0.4 is 19.5 Å². The number of likely N-dealkylation sites (tertiary alicyclic amines) is 1. The molecule has 1 saturated heterocycles. The van der Waals surface area contributed by atoms with Crippen LogP contribution >= 0.6 is 0 Å². The summed E-state index contributed by atoms with van der Waals surface area (Å²) in [6, 6.07) is 8.48. The molecule has 0 bridgehead atoms. The van der Waals surface area contributed by atoms with E-state index in [0.717, 1.165) is 37.9 Å². The fourth-order valence-corrected chi connectivity index (χ4v) is 5.51. The van der Waals surface area contributed by atoms with Crippen molar-refractivity contribution in [2.75, 3.05) is 39.5 Å². The number of aryl methyl sites for hydroxylation is 2. The zero-order chi connectivity index (χ0) is 27.7. The van der Waals surface area contributed by atoms with Gasteiger partial charge in [0.2, 0.25) is 17.7 Å². The van der Waals surface area contributed by atoms with Crippen LogP contribution in [0.25, 0.3) is 0 Å². The molecule has 9 heteroatoms. The van der Waals surface area contributed by atoms with E-state index < -0.39 is 5.41 Å². The van der Waals surface area contributed by atoms with Crippen LogP contribution in [0.4, 0.5) is 0 Å². The van der Waals surface area contributed by atoms with E-state index in [0.29, 0.717) is 69.4 Å². The molecule has 2 aliphatic rings. The van der Waals surface area contributed by atoms with E-state index >= 15 is 0 Å². The van der Waals surface area contributed by atoms with Crippen LogP contribution in [0, 0.1) is 12.3 Å². The van der Waals surface area contributed by atoms with Crippen molar-refractivity contribution < 1.29 is 23.8 Å². The third-order valence-corrected chi connectivity index (χ3v) is 7.78. The second-order valence-corrected chi connectivity index (χ2v) is 10.4. The predicted molar refractivity (Wildman–Crippen MR) is 148 cm³/mol. The number of amides is 2. The van der Waals surface area contributed by atoms with E-state index in [2.05, 4.69) is 27.4 Å². The molecule has 0 saturated carbocycles. The van der Waals surface area contributed by atoms with Crippen LogP contribution in [-0.4, -0.2) is 66.1 Å². The Labute approximate surface area is 231 Å². The molecule has 1 N–H and O–H groups in total. The van der Waals surface area contributed by atoms with Crippen LogP contribution in [0.15, 0.2) is 24.3 Å². The summed E-state index contributed by atoms with van der Waals surface area (Å²) in [4.78, 5) is 37.4. The molecule has 0 atom stereocenters. The normalized spacial score (nSPS) is 18.0. The van der Waals surface area contributed by atoms with Gasteiger partial charge in [-0.05, 0) is 70.9 Å². The van der Waals surface area contributed by atoms with Crippen molar-refractivity contribution in [3.8, 4) is 17.6 Å². The van der Waals surface area contributed by atoms with Gasteiger partial charge in [0, 0.05) is 25.2 Å². The lowest BCUT2D eigenvalue weighted by molar-refractivity contribution is -0.140. The molecule has 1 spiro atoms. The summed E-state index contributed by atoms with van der Waals surface area (Å²) >= 11 is 0. The Kier molecular flexibility index (Phi) is 10.0. The first-order valence-electron chi connectivity index (χ1n) is 14.4. The van der Waals surface area contributed by atoms with Gasteiger partial charge in [0.15, 0.2) is 0 Å². The van der Waals surface area contributed by atoms with Crippen molar-refractivity contribution in [3.05, 3.63) is 41.1 Å². The number of carbonyl (C=O) groups excluding carboxylic acids is 2. The molecular formula is C30H42N4O5.